The quantitative estimate of drug-likeness (QED) is 0.717. The minimum Gasteiger partial charge on any atom is -0.354 e. The van der Waals surface area contributed by atoms with Gasteiger partial charge in [0, 0.05) is 12.0 Å². The van der Waals surface area contributed by atoms with Gasteiger partial charge in [-0.15, -0.1) is 0 Å². The molecule has 0 bridgehead atoms. The van der Waals surface area contributed by atoms with E-state index in [2.05, 4.69) is 11.4 Å². The fourth-order valence-electron chi connectivity index (χ4n) is 2.95. The number of sulfone groups is 1. The average molecular weight is 388 g/mol. The van der Waals surface area contributed by atoms with E-state index >= 15 is 0 Å². The first-order valence-corrected chi connectivity index (χ1v) is 11.1. The summed E-state index contributed by atoms with van der Waals surface area (Å²) in [6.45, 7) is 6.50. The molecule has 0 heterocycles. The summed E-state index contributed by atoms with van der Waals surface area (Å²) >= 11 is 0. The van der Waals surface area contributed by atoms with Gasteiger partial charge in [0.15, 0.2) is 9.84 Å². The van der Waals surface area contributed by atoms with E-state index in [9.17, 15) is 13.2 Å². The van der Waals surface area contributed by atoms with E-state index in [0.29, 0.717) is 19.4 Å². The van der Waals surface area contributed by atoms with Crippen molar-refractivity contribution in [3.63, 3.8) is 0 Å². The third kappa shape index (κ3) is 7.18. The number of rotatable bonds is 9. The number of aryl methyl sites for hydroxylation is 2. The molecule has 0 spiro atoms. The first-order chi connectivity index (χ1) is 12.7. The zero-order chi connectivity index (χ0) is 19.9. The molecule has 5 heteroatoms. The summed E-state index contributed by atoms with van der Waals surface area (Å²) in [7, 11) is -3.40. The molecule has 27 heavy (non-hydrogen) atoms. The Kier molecular flexibility index (Phi) is 7.19. The minimum atomic E-state index is -3.40. The van der Waals surface area contributed by atoms with Crippen LogP contribution in [0.1, 0.15) is 37.0 Å². The summed E-state index contributed by atoms with van der Waals surface area (Å²) in [6, 6.07) is 17.9. The lowest BCUT2D eigenvalue weighted by Gasteiger charge is -2.26. The summed E-state index contributed by atoms with van der Waals surface area (Å²) < 4.78 is 24.4. The Morgan fingerprint density at radius 3 is 2.41 bits per heavy atom. The number of hydrogen-bond acceptors (Lipinski definition) is 3. The maximum absolute atomic E-state index is 12.2. The molecule has 1 N–H and O–H groups in total. The zero-order valence-electron chi connectivity index (χ0n) is 16.4. The van der Waals surface area contributed by atoms with Crippen LogP contribution in [-0.2, 0) is 26.5 Å². The highest BCUT2D eigenvalue weighted by Crippen LogP contribution is 2.23. The van der Waals surface area contributed by atoms with Crippen LogP contribution in [0.5, 0.6) is 0 Å². The van der Waals surface area contributed by atoms with Crippen molar-refractivity contribution in [2.45, 2.75) is 39.0 Å². The Labute approximate surface area is 162 Å². The molecule has 0 saturated carbocycles. The van der Waals surface area contributed by atoms with Gasteiger partial charge in [-0.2, -0.15) is 0 Å². The monoisotopic (exact) mass is 387 g/mol. The van der Waals surface area contributed by atoms with E-state index in [0.717, 1.165) is 16.7 Å². The van der Waals surface area contributed by atoms with Crippen LogP contribution < -0.4 is 5.32 Å². The van der Waals surface area contributed by atoms with Gasteiger partial charge in [0.2, 0.25) is 5.91 Å². The van der Waals surface area contributed by atoms with E-state index in [1.807, 2.05) is 69.3 Å². The number of benzene rings is 2. The van der Waals surface area contributed by atoms with Crippen molar-refractivity contribution in [1.82, 2.24) is 5.32 Å². The third-order valence-corrected chi connectivity index (χ3v) is 6.25. The summed E-state index contributed by atoms with van der Waals surface area (Å²) in [5.41, 5.74) is 3.12. The molecule has 0 fully saturated rings. The number of amides is 1. The van der Waals surface area contributed by atoms with Gasteiger partial charge in [-0.3, -0.25) is 4.79 Å². The molecule has 0 unspecified atom stereocenters. The fraction of sp³-hybridized carbons (Fsp3) is 0.409. The van der Waals surface area contributed by atoms with Gasteiger partial charge in [0.05, 0.1) is 5.75 Å². The maximum Gasteiger partial charge on any atom is 0.235 e. The van der Waals surface area contributed by atoms with Crippen molar-refractivity contribution in [3.05, 3.63) is 71.3 Å². The molecule has 1 amide bonds. The van der Waals surface area contributed by atoms with Crippen LogP contribution in [0.4, 0.5) is 0 Å². The zero-order valence-corrected chi connectivity index (χ0v) is 17.2. The molecule has 2 aromatic rings. The Balaban J connectivity index is 1.81. The van der Waals surface area contributed by atoms with Gasteiger partial charge in [-0.05, 0) is 30.9 Å². The van der Waals surface area contributed by atoms with Gasteiger partial charge in [-0.1, -0.05) is 74.0 Å². The van der Waals surface area contributed by atoms with Crippen molar-refractivity contribution < 1.29 is 13.2 Å². The van der Waals surface area contributed by atoms with Gasteiger partial charge in [0.1, 0.15) is 5.75 Å². The first kappa shape index (κ1) is 21.2. The second kappa shape index (κ2) is 9.18. The molecule has 2 rings (SSSR count). The summed E-state index contributed by atoms with van der Waals surface area (Å²) in [5, 5.41) is 2.79. The molecule has 0 aromatic heterocycles. The van der Waals surface area contributed by atoms with Gasteiger partial charge < -0.3 is 5.32 Å². The normalized spacial score (nSPS) is 12.0. The van der Waals surface area contributed by atoms with E-state index in [-0.39, 0.29) is 11.2 Å². The highest BCUT2D eigenvalue weighted by Gasteiger charge is 2.23. The highest BCUT2D eigenvalue weighted by molar-refractivity contribution is 7.92. The molecule has 4 nitrogen and oxygen atoms in total. The molecule has 0 saturated heterocycles. The molecule has 2 aromatic carbocycles. The predicted octanol–water partition coefficient (Wildman–Crippen LogP) is 3.44. The lowest BCUT2D eigenvalue weighted by atomic mass is 9.84. The lowest BCUT2D eigenvalue weighted by molar-refractivity contribution is -0.118. The molecule has 0 aliphatic carbocycles. The highest BCUT2D eigenvalue weighted by atomic mass is 32.2. The summed E-state index contributed by atoms with van der Waals surface area (Å²) in [4.78, 5) is 12.1. The molecule has 146 valence electrons. The van der Waals surface area contributed by atoms with E-state index < -0.39 is 21.5 Å². The fourth-order valence-corrected chi connectivity index (χ4v) is 4.18. The smallest absolute Gasteiger partial charge is 0.235 e. The van der Waals surface area contributed by atoms with E-state index in [1.54, 1.807) is 0 Å². The number of carbonyl (C=O) groups excluding carboxylic acids is 1. The molecule has 0 aliphatic heterocycles. The van der Waals surface area contributed by atoms with Crippen molar-refractivity contribution in [3.8, 4) is 0 Å². The second-order valence-electron chi connectivity index (χ2n) is 7.71. The standard InChI is InChI=1S/C22H29NO3S/c1-18-9-7-13-20(15-18)22(2,3)17-23-21(24)16-27(25,26)14-8-12-19-10-5-4-6-11-19/h4-7,9-11,13,15H,8,12,14,16-17H2,1-3H3,(H,23,24). The van der Waals surface area contributed by atoms with Crippen LogP contribution in [-0.4, -0.2) is 32.4 Å². The largest absolute Gasteiger partial charge is 0.354 e. The Bertz CT molecular complexity index is 858. The average Bonchev–Trinajstić information content (AvgIpc) is 2.60. The van der Waals surface area contributed by atoms with Gasteiger partial charge in [0.25, 0.3) is 0 Å². The summed E-state index contributed by atoms with van der Waals surface area (Å²) in [6.07, 6.45) is 1.22. The predicted molar refractivity (Wildman–Crippen MR) is 111 cm³/mol. The number of carbonyl (C=O) groups is 1. The molecule has 0 aliphatic rings. The Hall–Kier alpha value is -2.14. The van der Waals surface area contributed by atoms with Crippen molar-refractivity contribution in [2.75, 3.05) is 18.1 Å². The van der Waals surface area contributed by atoms with Crippen LogP contribution in [0, 0.1) is 6.92 Å². The maximum atomic E-state index is 12.2. The van der Waals surface area contributed by atoms with Crippen LogP contribution in [0.25, 0.3) is 0 Å². The first-order valence-electron chi connectivity index (χ1n) is 9.26. The molecule has 0 radical (unpaired) electrons. The number of hydrogen-bond donors (Lipinski definition) is 1. The van der Waals surface area contributed by atoms with Crippen LogP contribution in [0.3, 0.4) is 0 Å². The van der Waals surface area contributed by atoms with Crippen molar-refractivity contribution in [1.29, 1.82) is 0 Å². The topological polar surface area (TPSA) is 63.2 Å². The minimum absolute atomic E-state index is 0.0244. The van der Waals surface area contributed by atoms with Gasteiger partial charge >= 0.3 is 0 Å². The van der Waals surface area contributed by atoms with Gasteiger partial charge in [-0.25, -0.2) is 8.42 Å². The Morgan fingerprint density at radius 2 is 1.74 bits per heavy atom. The van der Waals surface area contributed by atoms with Crippen LogP contribution >= 0.6 is 0 Å². The molecular weight excluding hydrogens is 358 g/mol. The van der Waals surface area contributed by atoms with Crippen LogP contribution in [0.2, 0.25) is 0 Å². The summed E-state index contributed by atoms with van der Waals surface area (Å²) in [5.74, 6) is -0.863. The SMILES string of the molecule is Cc1cccc(C(C)(C)CNC(=O)CS(=O)(=O)CCCc2ccccc2)c1. The number of nitrogens with one attached hydrogen (secondary N) is 1. The molecule has 0 atom stereocenters. The third-order valence-electron chi connectivity index (χ3n) is 4.64. The van der Waals surface area contributed by atoms with Crippen molar-refractivity contribution >= 4 is 15.7 Å². The van der Waals surface area contributed by atoms with E-state index in [4.69, 9.17) is 0 Å². The second-order valence-corrected chi connectivity index (χ2v) is 9.90. The van der Waals surface area contributed by atoms with E-state index in [1.165, 1.54) is 0 Å². The van der Waals surface area contributed by atoms with Crippen LogP contribution in [0.15, 0.2) is 54.6 Å². The lowest BCUT2D eigenvalue weighted by Crippen LogP contribution is -2.39. The van der Waals surface area contributed by atoms with Crippen molar-refractivity contribution in [2.24, 2.45) is 0 Å². The Morgan fingerprint density at radius 1 is 1.04 bits per heavy atom. The molecular formula is C22H29NO3S.